The number of amides is 1. The average molecular weight is 388 g/mol. The molecule has 0 aromatic heterocycles. The molecule has 5 heteroatoms. The standard InChI is InChI=1S/C24H24N2O3/c1-26(2)17-13-11-16(12-14-17)20(27)15-25-24(28)23-18-7-3-5-9-21(18)29-22-10-6-4-8-19(22)23/h3-14,20,23,27H,15H2,1-2H3,(H,25,28). The van der Waals surface area contributed by atoms with Gasteiger partial charge in [-0.1, -0.05) is 48.5 Å². The fourth-order valence-corrected chi connectivity index (χ4v) is 3.60. The van der Waals surface area contributed by atoms with E-state index in [0.717, 1.165) is 22.4 Å². The summed E-state index contributed by atoms with van der Waals surface area (Å²) in [4.78, 5) is 15.1. The van der Waals surface area contributed by atoms with Crippen molar-refractivity contribution in [3.63, 3.8) is 0 Å². The Labute approximate surface area is 170 Å². The predicted octanol–water partition coefficient (Wildman–Crippen LogP) is 3.84. The van der Waals surface area contributed by atoms with Crippen LogP contribution in [0.2, 0.25) is 0 Å². The van der Waals surface area contributed by atoms with Crippen molar-refractivity contribution in [1.29, 1.82) is 0 Å². The maximum absolute atomic E-state index is 13.1. The normalized spacial score (nSPS) is 13.6. The zero-order valence-corrected chi connectivity index (χ0v) is 16.5. The molecule has 5 nitrogen and oxygen atoms in total. The molecular formula is C24H24N2O3. The summed E-state index contributed by atoms with van der Waals surface area (Å²) < 4.78 is 5.95. The van der Waals surface area contributed by atoms with E-state index in [2.05, 4.69) is 5.32 Å². The van der Waals surface area contributed by atoms with Gasteiger partial charge in [0, 0.05) is 37.5 Å². The molecule has 1 unspecified atom stereocenters. The van der Waals surface area contributed by atoms with E-state index in [1.165, 1.54) is 0 Å². The number of rotatable bonds is 5. The largest absolute Gasteiger partial charge is 0.457 e. The third kappa shape index (κ3) is 3.82. The highest BCUT2D eigenvalue weighted by molar-refractivity contribution is 5.89. The Morgan fingerprint density at radius 3 is 2.07 bits per heavy atom. The van der Waals surface area contributed by atoms with Crippen molar-refractivity contribution >= 4 is 11.6 Å². The van der Waals surface area contributed by atoms with Crippen molar-refractivity contribution < 1.29 is 14.6 Å². The molecule has 1 atom stereocenters. The molecule has 148 valence electrons. The van der Waals surface area contributed by atoms with Crippen molar-refractivity contribution in [1.82, 2.24) is 5.32 Å². The number of ether oxygens (including phenoxy) is 1. The van der Waals surface area contributed by atoms with Crippen molar-refractivity contribution in [3.8, 4) is 11.5 Å². The molecule has 1 amide bonds. The van der Waals surface area contributed by atoms with Crippen molar-refractivity contribution in [2.45, 2.75) is 12.0 Å². The average Bonchev–Trinajstić information content (AvgIpc) is 2.75. The summed E-state index contributed by atoms with van der Waals surface area (Å²) in [5.74, 6) is 0.744. The number of fused-ring (bicyclic) bond motifs is 2. The van der Waals surface area contributed by atoms with Crippen molar-refractivity contribution in [3.05, 3.63) is 89.5 Å². The Hall–Kier alpha value is -3.31. The Balaban J connectivity index is 1.51. The highest BCUT2D eigenvalue weighted by atomic mass is 16.5. The van der Waals surface area contributed by atoms with Crippen LogP contribution < -0.4 is 15.0 Å². The number of nitrogens with one attached hydrogen (secondary N) is 1. The quantitative estimate of drug-likeness (QED) is 0.697. The van der Waals surface area contributed by atoms with Gasteiger partial charge in [-0.25, -0.2) is 0 Å². The van der Waals surface area contributed by atoms with Crippen LogP contribution in [0.5, 0.6) is 11.5 Å². The van der Waals surface area contributed by atoms with E-state index in [4.69, 9.17) is 4.74 Å². The van der Waals surface area contributed by atoms with Gasteiger partial charge in [0.2, 0.25) is 5.91 Å². The van der Waals surface area contributed by atoms with Gasteiger partial charge in [0.25, 0.3) is 0 Å². The summed E-state index contributed by atoms with van der Waals surface area (Å²) in [5, 5.41) is 13.4. The fraction of sp³-hybridized carbons (Fsp3) is 0.208. The van der Waals surface area contributed by atoms with Gasteiger partial charge in [-0.05, 0) is 29.8 Å². The number of carbonyl (C=O) groups excluding carboxylic acids is 1. The van der Waals surface area contributed by atoms with Gasteiger partial charge in [-0.15, -0.1) is 0 Å². The number of nitrogens with zero attached hydrogens (tertiary/aromatic N) is 1. The molecule has 3 aromatic carbocycles. The second kappa shape index (κ2) is 7.97. The number of hydrogen-bond donors (Lipinski definition) is 2. The number of aliphatic hydroxyl groups is 1. The van der Waals surface area contributed by atoms with E-state index < -0.39 is 12.0 Å². The van der Waals surface area contributed by atoms with Crippen LogP contribution in [0.3, 0.4) is 0 Å². The molecule has 0 fully saturated rings. The minimum absolute atomic E-state index is 0.141. The van der Waals surface area contributed by atoms with E-state index in [1.807, 2.05) is 91.8 Å². The van der Waals surface area contributed by atoms with Crippen molar-refractivity contribution in [2.75, 3.05) is 25.5 Å². The summed E-state index contributed by atoms with van der Waals surface area (Å²) in [6.45, 7) is 0.141. The topological polar surface area (TPSA) is 61.8 Å². The third-order valence-electron chi connectivity index (χ3n) is 5.21. The van der Waals surface area contributed by atoms with Crippen LogP contribution in [0.4, 0.5) is 5.69 Å². The minimum Gasteiger partial charge on any atom is -0.457 e. The molecular weight excluding hydrogens is 364 g/mol. The summed E-state index contributed by atoms with van der Waals surface area (Å²) in [6, 6.07) is 22.8. The maximum Gasteiger partial charge on any atom is 0.232 e. The molecule has 0 radical (unpaired) electrons. The van der Waals surface area contributed by atoms with Crippen LogP contribution in [-0.4, -0.2) is 31.7 Å². The Bertz CT molecular complexity index is 969. The van der Waals surface area contributed by atoms with Crippen molar-refractivity contribution in [2.24, 2.45) is 0 Å². The Kier molecular flexibility index (Phi) is 5.23. The molecule has 2 N–H and O–H groups in total. The SMILES string of the molecule is CN(C)c1ccc(C(O)CNC(=O)C2c3ccccc3Oc3ccccc32)cc1. The molecule has 0 aliphatic carbocycles. The minimum atomic E-state index is -0.777. The second-order valence-corrected chi connectivity index (χ2v) is 7.36. The molecule has 4 rings (SSSR count). The number of hydrogen-bond acceptors (Lipinski definition) is 4. The van der Waals surface area contributed by atoms with Gasteiger partial charge in [-0.3, -0.25) is 4.79 Å². The number of aliphatic hydroxyl groups excluding tert-OH is 1. The third-order valence-corrected chi connectivity index (χ3v) is 5.21. The summed E-state index contributed by atoms with van der Waals surface area (Å²) in [7, 11) is 3.93. The molecule has 1 aliphatic heterocycles. The molecule has 1 heterocycles. The van der Waals surface area contributed by atoms with Gasteiger partial charge in [0.05, 0.1) is 12.0 Å². The van der Waals surface area contributed by atoms with Crippen LogP contribution in [0.15, 0.2) is 72.8 Å². The number of carbonyl (C=O) groups is 1. The molecule has 0 bridgehead atoms. The van der Waals surface area contributed by atoms with Gasteiger partial charge in [-0.2, -0.15) is 0 Å². The van der Waals surface area contributed by atoms with Crippen LogP contribution in [0.1, 0.15) is 28.7 Å². The predicted molar refractivity (Wildman–Crippen MR) is 114 cm³/mol. The van der Waals surface area contributed by atoms with E-state index in [-0.39, 0.29) is 12.5 Å². The smallest absolute Gasteiger partial charge is 0.232 e. The van der Waals surface area contributed by atoms with Crippen LogP contribution >= 0.6 is 0 Å². The summed E-state index contributed by atoms with van der Waals surface area (Å²) >= 11 is 0. The van der Waals surface area contributed by atoms with Gasteiger partial charge in [0.1, 0.15) is 11.5 Å². The highest BCUT2D eigenvalue weighted by Gasteiger charge is 2.32. The van der Waals surface area contributed by atoms with E-state index >= 15 is 0 Å². The lowest BCUT2D eigenvalue weighted by Gasteiger charge is -2.27. The van der Waals surface area contributed by atoms with Crippen LogP contribution in [0.25, 0.3) is 0 Å². The second-order valence-electron chi connectivity index (χ2n) is 7.36. The Morgan fingerprint density at radius 2 is 1.52 bits per heavy atom. The lowest BCUT2D eigenvalue weighted by atomic mass is 9.87. The fourth-order valence-electron chi connectivity index (χ4n) is 3.60. The zero-order chi connectivity index (χ0) is 20.4. The first-order valence-corrected chi connectivity index (χ1v) is 9.63. The lowest BCUT2D eigenvalue weighted by Crippen LogP contribution is -2.34. The van der Waals surface area contributed by atoms with Gasteiger partial charge in [0.15, 0.2) is 0 Å². The number of para-hydroxylation sites is 2. The first-order valence-electron chi connectivity index (χ1n) is 9.63. The number of benzene rings is 3. The molecule has 0 saturated heterocycles. The van der Waals surface area contributed by atoms with Crippen LogP contribution in [0, 0.1) is 0 Å². The summed E-state index contributed by atoms with van der Waals surface area (Å²) in [6.07, 6.45) is -0.777. The molecule has 3 aromatic rings. The zero-order valence-electron chi connectivity index (χ0n) is 16.5. The van der Waals surface area contributed by atoms with E-state index in [0.29, 0.717) is 11.5 Å². The molecule has 0 saturated carbocycles. The monoisotopic (exact) mass is 388 g/mol. The van der Waals surface area contributed by atoms with Gasteiger partial charge >= 0.3 is 0 Å². The lowest BCUT2D eigenvalue weighted by molar-refractivity contribution is -0.122. The highest BCUT2D eigenvalue weighted by Crippen LogP contribution is 2.43. The first-order chi connectivity index (χ1) is 14.0. The molecule has 0 spiro atoms. The molecule has 1 aliphatic rings. The Morgan fingerprint density at radius 1 is 0.966 bits per heavy atom. The number of anilines is 1. The van der Waals surface area contributed by atoms with Crippen LogP contribution in [-0.2, 0) is 4.79 Å². The maximum atomic E-state index is 13.1. The van der Waals surface area contributed by atoms with E-state index in [9.17, 15) is 9.90 Å². The molecule has 29 heavy (non-hydrogen) atoms. The summed E-state index contributed by atoms with van der Waals surface area (Å²) in [5.41, 5.74) is 3.48. The van der Waals surface area contributed by atoms with E-state index in [1.54, 1.807) is 0 Å². The first kappa shape index (κ1) is 19.0. The van der Waals surface area contributed by atoms with Gasteiger partial charge < -0.3 is 20.1 Å².